The Morgan fingerprint density at radius 3 is 2.36 bits per heavy atom. The molecule has 1 amide bonds. The smallest absolute Gasteiger partial charge is 0.260 e. The molecule has 0 atom stereocenters. The molecule has 2 aromatic carbocycles. The van der Waals surface area contributed by atoms with Crippen molar-refractivity contribution in [3.8, 4) is 5.75 Å². The molecule has 0 radical (unpaired) electrons. The Kier molecular flexibility index (Phi) is 6.44. The predicted octanol–water partition coefficient (Wildman–Crippen LogP) is 3.04. The molecule has 10 heteroatoms. The molecule has 28 heavy (non-hydrogen) atoms. The number of carbonyl (C=O) groups excluding carboxylic acids is 1. The van der Waals surface area contributed by atoms with Gasteiger partial charge in [0.25, 0.3) is 5.91 Å². The Morgan fingerprint density at radius 2 is 1.71 bits per heavy atom. The van der Waals surface area contributed by atoms with Crippen LogP contribution in [-0.2, 0) is 14.8 Å². The Bertz CT molecular complexity index is 979. The van der Waals surface area contributed by atoms with Gasteiger partial charge in [-0.25, -0.2) is 12.8 Å². The highest BCUT2D eigenvalue weighted by Gasteiger charge is 2.31. The van der Waals surface area contributed by atoms with Crippen molar-refractivity contribution >= 4 is 39.1 Å². The normalized spacial score (nSPS) is 15.5. The first kappa shape index (κ1) is 20.9. The summed E-state index contributed by atoms with van der Waals surface area (Å²) in [5.41, 5.74) is 0. The van der Waals surface area contributed by atoms with E-state index in [-0.39, 0.29) is 43.6 Å². The molecule has 1 aliphatic heterocycles. The standard InChI is InChI=1S/C18H17Cl2FN2O4S/c19-14-6-5-13(11-15(14)20)27-12-18(24)22-7-9-23(10-8-22)28(25,26)17-4-2-1-3-16(17)21/h1-6,11H,7-10,12H2. The summed E-state index contributed by atoms with van der Waals surface area (Å²) in [5, 5.41) is 0.700. The van der Waals surface area contributed by atoms with Gasteiger partial charge in [-0.15, -0.1) is 0 Å². The van der Waals surface area contributed by atoms with E-state index in [1.54, 1.807) is 12.1 Å². The molecule has 3 rings (SSSR count). The fourth-order valence-electron chi connectivity index (χ4n) is 2.77. The molecular formula is C18H17Cl2FN2O4S. The molecule has 1 aliphatic rings. The van der Waals surface area contributed by atoms with Crippen molar-refractivity contribution in [3.63, 3.8) is 0 Å². The van der Waals surface area contributed by atoms with Crippen LogP contribution < -0.4 is 4.74 Å². The van der Waals surface area contributed by atoms with Crippen molar-refractivity contribution in [2.24, 2.45) is 0 Å². The van der Waals surface area contributed by atoms with Gasteiger partial charge in [0, 0.05) is 32.2 Å². The van der Waals surface area contributed by atoms with Crippen LogP contribution >= 0.6 is 23.2 Å². The number of hydrogen-bond acceptors (Lipinski definition) is 4. The molecule has 0 aromatic heterocycles. The summed E-state index contributed by atoms with van der Waals surface area (Å²) in [5.74, 6) is -0.673. The Hall–Kier alpha value is -1.87. The third-order valence-corrected chi connectivity index (χ3v) is 6.97. The van der Waals surface area contributed by atoms with Gasteiger partial charge >= 0.3 is 0 Å². The van der Waals surface area contributed by atoms with Gasteiger partial charge in [-0.1, -0.05) is 35.3 Å². The molecule has 1 saturated heterocycles. The van der Waals surface area contributed by atoms with Gasteiger partial charge in [-0.3, -0.25) is 4.79 Å². The van der Waals surface area contributed by atoms with Gasteiger partial charge in [0.1, 0.15) is 16.5 Å². The van der Waals surface area contributed by atoms with Crippen molar-refractivity contribution < 1.29 is 22.3 Å². The molecule has 150 valence electrons. The van der Waals surface area contributed by atoms with Gasteiger partial charge < -0.3 is 9.64 Å². The first-order chi connectivity index (χ1) is 13.3. The summed E-state index contributed by atoms with van der Waals surface area (Å²) >= 11 is 11.7. The minimum absolute atomic E-state index is 0.0786. The van der Waals surface area contributed by atoms with E-state index >= 15 is 0 Å². The summed E-state index contributed by atoms with van der Waals surface area (Å²) in [6, 6.07) is 9.90. The molecule has 0 bridgehead atoms. The monoisotopic (exact) mass is 446 g/mol. The molecule has 1 fully saturated rings. The minimum Gasteiger partial charge on any atom is -0.484 e. The van der Waals surface area contributed by atoms with Gasteiger partial charge in [-0.05, 0) is 24.3 Å². The Labute approximate surface area is 172 Å². The first-order valence-electron chi connectivity index (χ1n) is 8.39. The van der Waals surface area contributed by atoms with Crippen LogP contribution in [0.25, 0.3) is 0 Å². The second-order valence-corrected chi connectivity index (χ2v) is 8.80. The number of ether oxygens (including phenoxy) is 1. The fourth-order valence-corrected chi connectivity index (χ4v) is 4.55. The van der Waals surface area contributed by atoms with E-state index in [0.29, 0.717) is 15.8 Å². The van der Waals surface area contributed by atoms with Gasteiger partial charge in [0.05, 0.1) is 10.0 Å². The Morgan fingerprint density at radius 1 is 1.04 bits per heavy atom. The van der Waals surface area contributed by atoms with Crippen LogP contribution in [0, 0.1) is 5.82 Å². The average Bonchev–Trinajstić information content (AvgIpc) is 2.69. The lowest BCUT2D eigenvalue weighted by atomic mass is 10.3. The van der Waals surface area contributed by atoms with Crippen LogP contribution in [-0.4, -0.2) is 56.3 Å². The van der Waals surface area contributed by atoms with Gasteiger partial charge in [0.15, 0.2) is 6.61 Å². The van der Waals surface area contributed by atoms with Crippen molar-refractivity contribution in [2.75, 3.05) is 32.8 Å². The van der Waals surface area contributed by atoms with Crippen LogP contribution in [0.4, 0.5) is 4.39 Å². The quantitative estimate of drug-likeness (QED) is 0.707. The van der Waals surface area contributed by atoms with Gasteiger partial charge in [-0.2, -0.15) is 4.31 Å². The molecular weight excluding hydrogens is 430 g/mol. The highest BCUT2D eigenvalue weighted by Crippen LogP contribution is 2.26. The second-order valence-electron chi connectivity index (χ2n) is 6.08. The number of piperazine rings is 1. The lowest BCUT2D eigenvalue weighted by Gasteiger charge is -2.34. The number of hydrogen-bond donors (Lipinski definition) is 0. The summed E-state index contributed by atoms with van der Waals surface area (Å²) in [7, 11) is -3.94. The summed E-state index contributed by atoms with van der Waals surface area (Å²) in [6.45, 7) is 0.330. The van der Waals surface area contributed by atoms with E-state index in [0.717, 1.165) is 6.07 Å². The van der Waals surface area contributed by atoms with Crippen molar-refractivity contribution in [3.05, 3.63) is 58.3 Å². The molecule has 0 saturated carbocycles. The van der Waals surface area contributed by atoms with Crippen LogP contribution in [0.5, 0.6) is 5.75 Å². The number of rotatable bonds is 5. The van der Waals surface area contributed by atoms with Crippen molar-refractivity contribution in [2.45, 2.75) is 4.90 Å². The lowest BCUT2D eigenvalue weighted by molar-refractivity contribution is -0.134. The van der Waals surface area contributed by atoms with Crippen LogP contribution in [0.15, 0.2) is 47.4 Å². The summed E-state index contributed by atoms with van der Waals surface area (Å²) in [4.78, 5) is 13.5. The third-order valence-electron chi connectivity index (χ3n) is 4.30. The maximum Gasteiger partial charge on any atom is 0.260 e. The van der Waals surface area contributed by atoms with E-state index in [2.05, 4.69) is 0 Å². The maximum absolute atomic E-state index is 13.9. The maximum atomic E-state index is 13.9. The minimum atomic E-state index is -3.94. The number of carbonyl (C=O) groups is 1. The molecule has 0 aliphatic carbocycles. The fraction of sp³-hybridized carbons (Fsp3) is 0.278. The molecule has 2 aromatic rings. The molecule has 0 N–H and O–H groups in total. The molecule has 1 heterocycles. The van der Waals surface area contributed by atoms with Crippen molar-refractivity contribution in [1.82, 2.24) is 9.21 Å². The number of amides is 1. The van der Waals surface area contributed by atoms with E-state index < -0.39 is 15.8 Å². The number of benzene rings is 2. The van der Waals surface area contributed by atoms with E-state index in [1.165, 1.54) is 33.5 Å². The highest BCUT2D eigenvalue weighted by atomic mass is 35.5. The third kappa shape index (κ3) is 4.57. The van der Waals surface area contributed by atoms with Crippen LogP contribution in [0.3, 0.4) is 0 Å². The SMILES string of the molecule is O=C(COc1ccc(Cl)c(Cl)c1)N1CCN(S(=O)(=O)c2ccccc2F)CC1. The van der Waals surface area contributed by atoms with Crippen molar-refractivity contribution in [1.29, 1.82) is 0 Å². The van der Waals surface area contributed by atoms with Crippen LogP contribution in [0.2, 0.25) is 10.0 Å². The highest BCUT2D eigenvalue weighted by molar-refractivity contribution is 7.89. The lowest BCUT2D eigenvalue weighted by Crippen LogP contribution is -2.51. The average molecular weight is 447 g/mol. The zero-order valence-electron chi connectivity index (χ0n) is 14.6. The number of nitrogens with zero attached hydrogens (tertiary/aromatic N) is 2. The first-order valence-corrected chi connectivity index (χ1v) is 10.6. The molecule has 0 spiro atoms. The second kappa shape index (κ2) is 8.65. The number of sulfonamides is 1. The zero-order valence-corrected chi connectivity index (χ0v) is 17.0. The van der Waals surface area contributed by atoms with Crippen LogP contribution in [0.1, 0.15) is 0 Å². The van der Waals surface area contributed by atoms with E-state index in [4.69, 9.17) is 27.9 Å². The topological polar surface area (TPSA) is 66.9 Å². The largest absolute Gasteiger partial charge is 0.484 e. The Balaban J connectivity index is 1.56. The molecule has 6 nitrogen and oxygen atoms in total. The zero-order chi connectivity index (χ0) is 20.3. The number of halogens is 3. The van der Waals surface area contributed by atoms with Gasteiger partial charge in [0.2, 0.25) is 10.0 Å². The van der Waals surface area contributed by atoms with E-state index in [9.17, 15) is 17.6 Å². The predicted molar refractivity (Wildman–Crippen MR) is 104 cm³/mol. The summed E-state index contributed by atoms with van der Waals surface area (Å²) < 4.78 is 45.6. The molecule has 0 unspecified atom stereocenters. The summed E-state index contributed by atoms with van der Waals surface area (Å²) in [6.07, 6.45) is 0. The van der Waals surface area contributed by atoms with E-state index in [1.807, 2.05) is 0 Å².